The number of fused-ring (bicyclic) bond motifs is 1. The summed E-state index contributed by atoms with van der Waals surface area (Å²) in [6, 6.07) is 10.6. The Hall–Kier alpha value is -2.96. The molecule has 1 amide bonds. The Kier molecular flexibility index (Phi) is 5.39. The summed E-state index contributed by atoms with van der Waals surface area (Å²) < 4.78 is 42.2. The van der Waals surface area contributed by atoms with E-state index in [9.17, 15) is 18.0 Å². The standard InChI is InChI=1S/C20H19F3N2O2/c1-12-16(17-9-14(21)5-8-18(17)24-12)10-19(26)25(2)11-13-3-6-15(7-4-13)27-20(22)23/h3-9,20,24H,10-11H2,1-2H3. The van der Waals surface area contributed by atoms with Gasteiger partial charge >= 0.3 is 6.61 Å². The average molecular weight is 376 g/mol. The molecule has 0 aliphatic heterocycles. The number of aromatic nitrogens is 1. The molecule has 0 atom stereocenters. The van der Waals surface area contributed by atoms with E-state index in [0.29, 0.717) is 11.9 Å². The van der Waals surface area contributed by atoms with Gasteiger partial charge in [-0.3, -0.25) is 4.79 Å². The molecule has 0 bridgehead atoms. The lowest BCUT2D eigenvalue weighted by molar-refractivity contribution is -0.129. The molecular formula is C20H19F3N2O2. The van der Waals surface area contributed by atoms with Gasteiger partial charge in [-0.1, -0.05) is 12.1 Å². The third kappa shape index (κ3) is 4.42. The lowest BCUT2D eigenvalue weighted by Gasteiger charge is -2.18. The second-order valence-electron chi connectivity index (χ2n) is 6.37. The van der Waals surface area contributed by atoms with Crippen LogP contribution in [0.25, 0.3) is 10.9 Å². The topological polar surface area (TPSA) is 45.3 Å². The fraction of sp³-hybridized carbons (Fsp3) is 0.250. The highest BCUT2D eigenvalue weighted by Gasteiger charge is 2.16. The fourth-order valence-corrected chi connectivity index (χ4v) is 3.01. The number of ether oxygens (including phenoxy) is 1. The van der Waals surface area contributed by atoms with E-state index in [1.165, 1.54) is 24.3 Å². The molecule has 0 saturated heterocycles. The molecule has 3 rings (SSSR count). The number of nitrogens with zero attached hydrogens (tertiary/aromatic N) is 1. The molecule has 7 heteroatoms. The number of alkyl halides is 2. The lowest BCUT2D eigenvalue weighted by Crippen LogP contribution is -2.27. The summed E-state index contributed by atoms with van der Waals surface area (Å²) in [6.07, 6.45) is 0.137. The van der Waals surface area contributed by atoms with Gasteiger partial charge in [-0.25, -0.2) is 4.39 Å². The largest absolute Gasteiger partial charge is 0.435 e. The normalized spacial score (nSPS) is 11.2. The van der Waals surface area contributed by atoms with Crippen LogP contribution in [0.5, 0.6) is 5.75 Å². The molecule has 0 aliphatic carbocycles. The van der Waals surface area contributed by atoms with E-state index >= 15 is 0 Å². The monoisotopic (exact) mass is 376 g/mol. The molecule has 0 spiro atoms. The van der Waals surface area contributed by atoms with Gasteiger partial charge in [0, 0.05) is 30.2 Å². The first-order chi connectivity index (χ1) is 12.8. The number of hydrogen-bond donors (Lipinski definition) is 1. The van der Waals surface area contributed by atoms with Crippen LogP contribution in [0.1, 0.15) is 16.8 Å². The van der Waals surface area contributed by atoms with Gasteiger partial charge in [0.15, 0.2) is 0 Å². The van der Waals surface area contributed by atoms with Crippen molar-refractivity contribution in [1.29, 1.82) is 0 Å². The van der Waals surface area contributed by atoms with Crippen molar-refractivity contribution in [2.75, 3.05) is 7.05 Å². The number of hydrogen-bond acceptors (Lipinski definition) is 2. The van der Waals surface area contributed by atoms with E-state index < -0.39 is 6.61 Å². The van der Waals surface area contributed by atoms with Crippen LogP contribution >= 0.6 is 0 Å². The molecular weight excluding hydrogens is 357 g/mol. The molecule has 0 radical (unpaired) electrons. The Morgan fingerprint density at radius 1 is 1.19 bits per heavy atom. The fourth-order valence-electron chi connectivity index (χ4n) is 3.01. The second-order valence-corrected chi connectivity index (χ2v) is 6.37. The minimum Gasteiger partial charge on any atom is -0.435 e. The van der Waals surface area contributed by atoms with Crippen LogP contribution in [0, 0.1) is 12.7 Å². The molecule has 3 aromatic rings. The molecule has 1 aromatic heterocycles. The number of aryl methyl sites for hydroxylation is 1. The van der Waals surface area contributed by atoms with Gasteiger partial charge < -0.3 is 14.6 Å². The number of amides is 1. The summed E-state index contributed by atoms with van der Waals surface area (Å²) >= 11 is 0. The van der Waals surface area contributed by atoms with Gasteiger partial charge in [0.25, 0.3) is 0 Å². The number of aromatic amines is 1. The van der Waals surface area contributed by atoms with Crippen molar-refractivity contribution in [3.63, 3.8) is 0 Å². The summed E-state index contributed by atoms with van der Waals surface area (Å²) in [6.45, 7) is -0.699. The van der Waals surface area contributed by atoms with E-state index in [2.05, 4.69) is 9.72 Å². The molecule has 0 saturated carbocycles. The summed E-state index contributed by atoms with van der Waals surface area (Å²) in [5.41, 5.74) is 3.16. The van der Waals surface area contributed by atoms with Gasteiger partial charge in [-0.15, -0.1) is 0 Å². The van der Waals surface area contributed by atoms with E-state index in [1.807, 2.05) is 6.92 Å². The van der Waals surface area contributed by atoms with Crippen molar-refractivity contribution in [1.82, 2.24) is 9.88 Å². The molecule has 0 fully saturated rings. The molecule has 0 aliphatic rings. The highest BCUT2D eigenvalue weighted by Crippen LogP contribution is 2.24. The zero-order valence-electron chi connectivity index (χ0n) is 14.9. The molecule has 142 valence electrons. The SMILES string of the molecule is Cc1[nH]c2ccc(F)cc2c1CC(=O)N(C)Cc1ccc(OC(F)F)cc1. The Labute approximate surface area is 154 Å². The van der Waals surface area contributed by atoms with Crippen LogP contribution in [0.2, 0.25) is 0 Å². The van der Waals surface area contributed by atoms with Crippen LogP contribution in [-0.4, -0.2) is 29.5 Å². The van der Waals surface area contributed by atoms with Crippen molar-refractivity contribution in [3.8, 4) is 5.75 Å². The zero-order chi connectivity index (χ0) is 19.6. The first-order valence-electron chi connectivity index (χ1n) is 8.38. The molecule has 4 nitrogen and oxygen atoms in total. The number of nitrogens with one attached hydrogen (secondary N) is 1. The second kappa shape index (κ2) is 7.73. The van der Waals surface area contributed by atoms with E-state index in [-0.39, 0.29) is 23.9 Å². The van der Waals surface area contributed by atoms with Gasteiger partial charge in [0.1, 0.15) is 11.6 Å². The molecule has 27 heavy (non-hydrogen) atoms. The number of benzene rings is 2. The van der Waals surface area contributed by atoms with Crippen LogP contribution in [0.3, 0.4) is 0 Å². The zero-order valence-corrected chi connectivity index (χ0v) is 14.9. The smallest absolute Gasteiger partial charge is 0.387 e. The first kappa shape index (κ1) is 18.8. The summed E-state index contributed by atoms with van der Waals surface area (Å²) in [7, 11) is 1.66. The maximum Gasteiger partial charge on any atom is 0.387 e. The summed E-state index contributed by atoms with van der Waals surface area (Å²) in [5, 5.41) is 0.697. The van der Waals surface area contributed by atoms with Crippen molar-refractivity contribution in [3.05, 3.63) is 65.1 Å². The minimum absolute atomic E-state index is 0.0687. The van der Waals surface area contributed by atoms with Gasteiger partial charge in [0.2, 0.25) is 5.91 Å². The predicted octanol–water partition coefficient (Wildman–Crippen LogP) is 4.42. The Bertz CT molecular complexity index is 952. The number of halogens is 3. The number of rotatable bonds is 6. The van der Waals surface area contributed by atoms with E-state index in [4.69, 9.17) is 0 Å². The number of H-pyrrole nitrogens is 1. The Balaban J connectivity index is 1.69. The molecule has 2 aromatic carbocycles. The quantitative estimate of drug-likeness (QED) is 0.692. The van der Waals surface area contributed by atoms with Gasteiger partial charge in [0.05, 0.1) is 6.42 Å². The highest BCUT2D eigenvalue weighted by molar-refractivity contribution is 5.90. The highest BCUT2D eigenvalue weighted by atomic mass is 19.3. The Morgan fingerprint density at radius 2 is 1.89 bits per heavy atom. The van der Waals surface area contributed by atoms with Crippen molar-refractivity contribution >= 4 is 16.8 Å². The third-order valence-corrected chi connectivity index (χ3v) is 4.40. The van der Waals surface area contributed by atoms with Gasteiger partial charge in [-0.05, 0) is 48.4 Å². The summed E-state index contributed by atoms with van der Waals surface area (Å²) in [4.78, 5) is 17.3. The molecule has 0 unspecified atom stereocenters. The average Bonchev–Trinajstić information content (AvgIpc) is 2.91. The lowest BCUT2D eigenvalue weighted by atomic mass is 10.1. The van der Waals surface area contributed by atoms with Crippen LogP contribution in [-0.2, 0) is 17.8 Å². The predicted molar refractivity (Wildman–Crippen MR) is 96.2 cm³/mol. The van der Waals surface area contributed by atoms with Crippen molar-refractivity contribution in [2.24, 2.45) is 0 Å². The van der Waals surface area contributed by atoms with Crippen LogP contribution in [0.4, 0.5) is 13.2 Å². The number of likely N-dealkylation sites (N-methyl/N-ethyl adjacent to an activating group) is 1. The van der Waals surface area contributed by atoms with E-state index in [0.717, 1.165) is 22.3 Å². The number of carbonyl (C=O) groups excluding carboxylic acids is 1. The van der Waals surface area contributed by atoms with Crippen LogP contribution in [0.15, 0.2) is 42.5 Å². The van der Waals surface area contributed by atoms with Crippen molar-refractivity contribution in [2.45, 2.75) is 26.5 Å². The first-order valence-corrected chi connectivity index (χ1v) is 8.38. The van der Waals surface area contributed by atoms with E-state index in [1.54, 1.807) is 30.1 Å². The Morgan fingerprint density at radius 3 is 2.56 bits per heavy atom. The molecule has 1 N–H and O–H groups in total. The maximum absolute atomic E-state index is 13.6. The van der Waals surface area contributed by atoms with Crippen molar-refractivity contribution < 1.29 is 22.7 Å². The van der Waals surface area contributed by atoms with Gasteiger partial charge in [-0.2, -0.15) is 8.78 Å². The number of carbonyl (C=O) groups is 1. The van der Waals surface area contributed by atoms with Crippen LogP contribution < -0.4 is 4.74 Å². The maximum atomic E-state index is 13.6. The minimum atomic E-state index is -2.87. The molecule has 1 heterocycles. The third-order valence-electron chi connectivity index (χ3n) is 4.40. The summed E-state index contributed by atoms with van der Waals surface area (Å²) in [5.74, 6) is -0.412.